The molecule has 7 nitrogen and oxygen atoms in total. The second-order valence-corrected chi connectivity index (χ2v) is 11.6. The molecule has 0 bridgehead atoms. The minimum absolute atomic E-state index is 0.0774. The van der Waals surface area contributed by atoms with Crippen LogP contribution in [0.5, 0.6) is 0 Å². The van der Waals surface area contributed by atoms with Crippen LogP contribution in [0.4, 0.5) is 5.69 Å². The SMILES string of the molecule is CCNC(=O)C(CC)N(Cc1ccc(Cl)c(Cl)c1)C(=O)CCCN(c1cc(C)cc(C)c1)S(C)(=O)=O. The number of nitrogens with one attached hydrogen (secondary N) is 1. The molecule has 0 aromatic heterocycles. The molecule has 0 aliphatic heterocycles. The predicted molar refractivity (Wildman–Crippen MR) is 147 cm³/mol. The zero-order valence-corrected chi connectivity index (χ0v) is 23.8. The molecule has 0 saturated carbocycles. The molecule has 0 spiro atoms. The Bertz CT molecular complexity index is 1170. The summed E-state index contributed by atoms with van der Waals surface area (Å²) in [5.74, 6) is -0.477. The third-order valence-corrected chi connectivity index (χ3v) is 7.65. The number of carbonyl (C=O) groups is 2. The van der Waals surface area contributed by atoms with E-state index in [1.165, 1.54) is 9.21 Å². The lowest BCUT2D eigenvalue weighted by Gasteiger charge is -2.31. The maximum atomic E-state index is 13.4. The largest absolute Gasteiger partial charge is 0.355 e. The molecule has 0 fully saturated rings. The first kappa shape index (κ1) is 29.9. The van der Waals surface area contributed by atoms with Crippen LogP contribution in [0.25, 0.3) is 0 Å². The van der Waals surface area contributed by atoms with E-state index in [2.05, 4.69) is 5.32 Å². The quantitative estimate of drug-likeness (QED) is 0.394. The Kier molecular flexibility index (Phi) is 11.1. The number of anilines is 1. The highest BCUT2D eigenvalue weighted by Gasteiger charge is 2.28. The summed E-state index contributed by atoms with van der Waals surface area (Å²) in [6.45, 7) is 8.26. The van der Waals surface area contributed by atoms with Crippen molar-refractivity contribution in [3.8, 4) is 0 Å². The standard InChI is InChI=1S/C26H35Cl2N3O4S/c1-6-24(26(33)29-7-2)30(17-20-10-11-22(27)23(28)16-20)25(32)9-8-12-31(36(5,34)35)21-14-18(3)13-19(4)15-21/h10-11,13-16,24H,6-9,12,17H2,1-5H3,(H,29,33). The van der Waals surface area contributed by atoms with Crippen LogP contribution < -0.4 is 9.62 Å². The van der Waals surface area contributed by atoms with E-state index in [1.807, 2.05) is 45.9 Å². The van der Waals surface area contributed by atoms with Crippen LogP contribution in [0, 0.1) is 13.8 Å². The number of hydrogen-bond acceptors (Lipinski definition) is 4. The number of rotatable bonds is 12. The van der Waals surface area contributed by atoms with Gasteiger partial charge in [0.05, 0.1) is 22.0 Å². The molecule has 2 aromatic rings. The smallest absolute Gasteiger partial charge is 0.242 e. The van der Waals surface area contributed by atoms with E-state index < -0.39 is 16.1 Å². The van der Waals surface area contributed by atoms with Gasteiger partial charge in [-0.2, -0.15) is 0 Å². The lowest BCUT2D eigenvalue weighted by atomic mass is 10.1. The van der Waals surface area contributed by atoms with Crippen LogP contribution >= 0.6 is 23.2 Å². The Morgan fingerprint density at radius 3 is 2.17 bits per heavy atom. The summed E-state index contributed by atoms with van der Waals surface area (Å²) in [5.41, 5.74) is 3.22. The van der Waals surface area contributed by atoms with Crippen molar-refractivity contribution in [2.75, 3.05) is 23.7 Å². The van der Waals surface area contributed by atoms with Gasteiger partial charge in [0.2, 0.25) is 21.8 Å². The molecule has 0 heterocycles. The predicted octanol–water partition coefficient (Wildman–Crippen LogP) is 5.10. The van der Waals surface area contributed by atoms with Gasteiger partial charge < -0.3 is 10.2 Å². The van der Waals surface area contributed by atoms with Gasteiger partial charge in [-0.05, 0) is 74.6 Å². The van der Waals surface area contributed by atoms with E-state index in [0.29, 0.717) is 35.1 Å². The zero-order chi connectivity index (χ0) is 27.0. The van der Waals surface area contributed by atoms with Gasteiger partial charge in [0.15, 0.2) is 0 Å². The molecular formula is C26H35Cl2N3O4S. The Hall–Kier alpha value is -2.29. The number of likely N-dealkylation sites (N-methyl/N-ethyl adjacent to an activating group) is 1. The van der Waals surface area contributed by atoms with E-state index in [1.54, 1.807) is 18.2 Å². The summed E-state index contributed by atoms with van der Waals surface area (Å²) in [7, 11) is -3.55. The average Bonchev–Trinajstić information content (AvgIpc) is 2.77. The number of nitrogens with zero attached hydrogens (tertiary/aromatic N) is 2. The van der Waals surface area contributed by atoms with Gasteiger partial charge in [0, 0.05) is 26.1 Å². The fourth-order valence-electron chi connectivity index (χ4n) is 4.14. The highest BCUT2D eigenvalue weighted by molar-refractivity contribution is 7.92. The van der Waals surface area contributed by atoms with Crippen molar-refractivity contribution in [3.05, 3.63) is 63.1 Å². The van der Waals surface area contributed by atoms with Gasteiger partial charge in [0.1, 0.15) is 6.04 Å². The molecule has 0 radical (unpaired) electrons. The molecule has 1 unspecified atom stereocenters. The normalized spacial score (nSPS) is 12.2. The van der Waals surface area contributed by atoms with Gasteiger partial charge in [0.25, 0.3) is 0 Å². The number of aryl methyl sites for hydroxylation is 2. The molecule has 0 aliphatic rings. The summed E-state index contributed by atoms with van der Waals surface area (Å²) < 4.78 is 26.4. The Morgan fingerprint density at radius 2 is 1.64 bits per heavy atom. The summed E-state index contributed by atoms with van der Waals surface area (Å²) in [6.07, 6.45) is 1.96. The minimum Gasteiger partial charge on any atom is -0.355 e. The monoisotopic (exact) mass is 555 g/mol. The van der Waals surface area contributed by atoms with E-state index >= 15 is 0 Å². The van der Waals surface area contributed by atoms with Crippen LogP contribution in [-0.4, -0.2) is 50.5 Å². The van der Waals surface area contributed by atoms with Crippen LogP contribution in [0.1, 0.15) is 49.8 Å². The fourth-order valence-corrected chi connectivity index (χ4v) is 5.41. The summed E-state index contributed by atoms with van der Waals surface area (Å²) in [5, 5.41) is 3.57. The van der Waals surface area contributed by atoms with Gasteiger partial charge >= 0.3 is 0 Å². The molecule has 2 aromatic carbocycles. The van der Waals surface area contributed by atoms with Gasteiger partial charge in [-0.15, -0.1) is 0 Å². The van der Waals surface area contributed by atoms with Crippen molar-refractivity contribution >= 4 is 50.7 Å². The maximum Gasteiger partial charge on any atom is 0.242 e. The molecule has 0 saturated heterocycles. The molecule has 198 valence electrons. The molecule has 2 amide bonds. The van der Waals surface area contributed by atoms with Gasteiger partial charge in [-0.1, -0.05) is 42.3 Å². The molecular weight excluding hydrogens is 521 g/mol. The molecule has 0 aliphatic carbocycles. The third kappa shape index (κ3) is 8.39. The highest BCUT2D eigenvalue weighted by Crippen LogP contribution is 2.25. The average molecular weight is 557 g/mol. The summed E-state index contributed by atoms with van der Waals surface area (Å²) in [6, 6.07) is 10.0. The number of hydrogen-bond donors (Lipinski definition) is 1. The molecule has 1 atom stereocenters. The first-order valence-electron chi connectivity index (χ1n) is 11.9. The van der Waals surface area contributed by atoms with Crippen molar-refractivity contribution in [1.82, 2.24) is 10.2 Å². The van der Waals surface area contributed by atoms with Crippen LogP contribution in [0.2, 0.25) is 10.0 Å². The van der Waals surface area contributed by atoms with E-state index in [0.717, 1.165) is 22.9 Å². The first-order valence-corrected chi connectivity index (χ1v) is 14.5. The number of halogens is 2. The highest BCUT2D eigenvalue weighted by atomic mass is 35.5. The number of amides is 2. The Balaban J connectivity index is 2.25. The summed E-state index contributed by atoms with van der Waals surface area (Å²) >= 11 is 12.2. The van der Waals surface area contributed by atoms with E-state index in [4.69, 9.17) is 23.2 Å². The lowest BCUT2D eigenvalue weighted by molar-refractivity contribution is -0.141. The lowest BCUT2D eigenvalue weighted by Crippen LogP contribution is -2.49. The first-order chi connectivity index (χ1) is 16.9. The van der Waals surface area contributed by atoms with Crippen LogP contribution in [-0.2, 0) is 26.2 Å². The van der Waals surface area contributed by atoms with Crippen LogP contribution in [0.15, 0.2) is 36.4 Å². The van der Waals surface area contributed by atoms with E-state index in [-0.39, 0.29) is 31.3 Å². The van der Waals surface area contributed by atoms with Crippen molar-refractivity contribution in [2.24, 2.45) is 0 Å². The third-order valence-electron chi connectivity index (χ3n) is 5.72. The van der Waals surface area contributed by atoms with Crippen molar-refractivity contribution in [1.29, 1.82) is 0 Å². The second kappa shape index (κ2) is 13.3. The van der Waals surface area contributed by atoms with Crippen LogP contribution in [0.3, 0.4) is 0 Å². The number of carbonyl (C=O) groups excluding carboxylic acids is 2. The van der Waals surface area contributed by atoms with Gasteiger partial charge in [-0.25, -0.2) is 8.42 Å². The van der Waals surface area contributed by atoms with Gasteiger partial charge in [-0.3, -0.25) is 13.9 Å². The van der Waals surface area contributed by atoms with Crippen molar-refractivity contribution in [3.63, 3.8) is 0 Å². The van der Waals surface area contributed by atoms with Crippen molar-refractivity contribution in [2.45, 2.75) is 59.5 Å². The van der Waals surface area contributed by atoms with Crippen molar-refractivity contribution < 1.29 is 18.0 Å². The fraction of sp³-hybridized carbons (Fsp3) is 0.462. The Labute approximate surface area is 224 Å². The summed E-state index contributed by atoms with van der Waals surface area (Å²) in [4.78, 5) is 27.7. The molecule has 1 N–H and O–H groups in total. The Morgan fingerprint density at radius 1 is 1.00 bits per heavy atom. The number of sulfonamides is 1. The minimum atomic E-state index is -3.55. The number of benzene rings is 2. The topological polar surface area (TPSA) is 86.8 Å². The molecule has 2 rings (SSSR count). The molecule has 10 heteroatoms. The second-order valence-electron chi connectivity index (χ2n) is 8.87. The van der Waals surface area contributed by atoms with E-state index in [9.17, 15) is 18.0 Å². The zero-order valence-electron chi connectivity index (χ0n) is 21.5. The maximum absolute atomic E-state index is 13.4. The molecule has 36 heavy (non-hydrogen) atoms.